The molecule has 2 heterocycles. The number of hydrogen-bond donors (Lipinski definition) is 1. The highest BCUT2D eigenvalue weighted by Crippen LogP contribution is 2.14. The van der Waals surface area contributed by atoms with Crippen molar-refractivity contribution in [3.05, 3.63) is 47.1 Å². The molecule has 1 aliphatic rings. The van der Waals surface area contributed by atoms with E-state index in [0.717, 1.165) is 37.5 Å². The Kier molecular flexibility index (Phi) is 4.65. The van der Waals surface area contributed by atoms with Gasteiger partial charge >= 0.3 is 0 Å². The standard InChI is InChI=1S/C17H23N3O/c1-13-5-7-14(8-6-13)12-16-19-17(21-20-16)10-9-15-4-2-3-11-18-15/h5-8,15,18H,2-4,9-12H2,1H3. The number of piperidine rings is 1. The molecule has 1 atom stereocenters. The van der Waals surface area contributed by atoms with Gasteiger partial charge in [0.2, 0.25) is 5.89 Å². The molecule has 1 saturated heterocycles. The van der Waals surface area contributed by atoms with Gasteiger partial charge in [-0.15, -0.1) is 0 Å². The normalized spacial score (nSPS) is 18.8. The van der Waals surface area contributed by atoms with E-state index < -0.39 is 0 Å². The summed E-state index contributed by atoms with van der Waals surface area (Å²) in [5.74, 6) is 1.55. The SMILES string of the molecule is Cc1ccc(Cc2noc(CCC3CCCCN3)n2)cc1. The topological polar surface area (TPSA) is 51.0 Å². The van der Waals surface area contributed by atoms with Crippen molar-refractivity contribution in [3.8, 4) is 0 Å². The lowest BCUT2D eigenvalue weighted by atomic mass is 10.0. The second kappa shape index (κ2) is 6.85. The maximum atomic E-state index is 5.36. The van der Waals surface area contributed by atoms with Gasteiger partial charge in [0.1, 0.15) is 0 Å². The molecule has 0 amide bonds. The Morgan fingerprint density at radius 2 is 2.10 bits per heavy atom. The van der Waals surface area contributed by atoms with E-state index in [4.69, 9.17) is 4.52 Å². The van der Waals surface area contributed by atoms with Gasteiger partial charge in [-0.3, -0.25) is 0 Å². The third kappa shape index (κ3) is 4.14. The van der Waals surface area contributed by atoms with Gasteiger partial charge in [-0.2, -0.15) is 4.98 Å². The van der Waals surface area contributed by atoms with Gasteiger partial charge in [-0.05, 0) is 38.3 Å². The predicted molar refractivity (Wildman–Crippen MR) is 82.2 cm³/mol. The molecule has 1 unspecified atom stereocenters. The number of aromatic nitrogens is 2. The lowest BCUT2D eigenvalue weighted by molar-refractivity contribution is 0.341. The van der Waals surface area contributed by atoms with Crippen LogP contribution in [0.4, 0.5) is 0 Å². The minimum Gasteiger partial charge on any atom is -0.339 e. The Hall–Kier alpha value is -1.68. The molecule has 0 radical (unpaired) electrons. The van der Waals surface area contributed by atoms with E-state index in [2.05, 4.69) is 46.6 Å². The first-order valence-corrected chi connectivity index (χ1v) is 7.90. The van der Waals surface area contributed by atoms with E-state index in [1.807, 2.05) is 0 Å². The molecule has 0 spiro atoms. The van der Waals surface area contributed by atoms with Crippen LogP contribution in [0.25, 0.3) is 0 Å². The van der Waals surface area contributed by atoms with Crippen LogP contribution in [-0.2, 0) is 12.8 Å². The highest BCUT2D eigenvalue weighted by Gasteiger charge is 2.14. The van der Waals surface area contributed by atoms with Gasteiger partial charge in [-0.1, -0.05) is 41.4 Å². The van der Waals surface area contributed by atoms with Crippen LogP contribution in [0, 0.1) is 6.92 Å². The molecule has 1 aromatic carbocycles. The highest BCUT2D eigenvalue weighted by atomic mass is 16.5. The Bertz CT molecular complexity index is 556. The van der Waals surface area contributed by atoms with Crippen molar-refractivity contribution in [2.75, 3.05) is 6.54 Å². The molecule has 4 heteroatoms. The zero-order chi connectivity index (χ0) is 14.5. The third-order valence-electron chi connectivity index (χ3n) is 4.11. The van der Waals surface area contributed by atoms with Crippen LogP contribution < -0.4 is 5.32 Å². The van der Waals surface area contributed by atoms with Crippen molar-refractivity contribution in [1.82, 2.24) is 15.5 Å². The summed E-state index contributed by atoms with van der Waals surface area (Å²) in [5.41, 5.74) is 2.49. The molecule has 1 fully saturated rings. The van der Waals surface area contributed by atoms with Gasteiger partial charge in [0, 0.05) is 18.9 Å². The van der Waals surface area contributed by atoms with E-state index in [9.17, 15) is 0 Å². The molecule has 4 nitrogen and oxygen atoms in total. The van der Waals surface area contributed by atoms with E-state index in [1.165, 1.54) is 30.4 Å². The molecule has 21 heavy (non-hydrogen) atoms. The molecule has 0 saturated carbocycles. The van der Waals surface area contributed by atoms with Gasteiger partial charge in [0.05, 0.1) is 0 Å². The molecule has 0 bridgehead atoms. The minimum atomic E-state index is 0.617. The van der Waals surface area contributed by atoms with Crippen LogP contribution in [-0.4, -0.2) is 22.7 Å². The summed E-state index contributed by atoms with van der Waals surface area (Å²) in [4.78, 5) is 4.51. The van der Waals surface area contributed by atoms with Crippen LogP contribution in [0.5, 0.6) is 0 Å². The highest BCUT2D eigenvalue weighted by molar-refractivity contribution is 5.23. The predicted octanol–water partition coefficient (Wildman–Crippen LogP) is 3.04. The smallest absolute Gasteiger partial charge is 0.226 e. The second-order valence-electron chi connectivity index (χ2n) is 5.95. The fourth-order valence-corrected chi connectivity index (χ4v) is 2.82. The maximum Gasteiger partial charge on any atom is 0.226 e. The van der Waals surface area contributed by atoms with Crippen molar-refractivity contribution in [2.24, 2.45) is 0 Å². The van der Waals surface area contributed by atoms with Crippen LogP contribution in [0.1, 0.15) is 48.5 Å². The van der Waals surface area contributed by atoms with E-state index in [1.54, 1.807) is 0 Å². The van der Waals surface area contributed by atoms with Crippen LogP contribution in [0.15, 0.2) is 28.8 Å². The maximum absolute atomic E-state index is 5.36. The number of aryl methyl sites for hydroxylation is 2. The Balaban J connectivity index is 1.52. The average Bonchev–Trinajstić information content (AvgIpc) is 2.96. The molecule has 3 rings (SSSR count). The number of hydrogen-bond acceptors (Lipinski definition) is 4. The molecule has 1 N–H and O–H groups in total. The zero-order valence-electron chi connectivity index (χ0n) is 12.6. The van der Waals surface area contributed by atoms with Crippen molar-refractivity contribution >= 4 is 0 Å². The molecule has 0 aliphatic carbocycles. The summed E-state index contributed by atoms with van der Waals surface area (Å²) in [6.45, 7) is 3.24. The summed E-state index contributed by atoms with van der Waals surface area (Å²) in [5, 5.41) is 7.64. The first kappa shape index (κ1) is 14.3. The van der Waals surface area contributed by atoms with Gasteiger partial charge in [0.25, 0.3) is 0 Å². The van der Waals surface area contributed by atoms with Gasteiger partial charge in [0.15, 0.2) is 5.82 Å². The van der Waals surface area contributed by atoms with Gasteiger partial charge in [-0.25, -0.2) is 0 Å². The van der Waals surface area contributed by atoms with Gasteiger partial charge < -0.3 is 9.84 Å². The lowest BCUT2D eigenvalue weighted by Crippen LogP contribution is -2.34. The number of nitrogens with one attached hydrogen (secondary N) is 1. The Morgan fingerprint density at radius 1 is 1.24 bits per heavy atom. The quantitative estimate of drug-likeness (QED) is 0.917. The van der Waals surface area contributed by atoms with Crippen LogP contribution in [0.2, 0.25) is 0 Å². The first-order chi connectivity index (χ1) is 10.3. The van der Waals surface area contributed by atoms with E-state index in [-0.39, 0.29) is 0 Å². The summed E-state index contributed by atoms with van der Waals surface area (Å²) in [7, 11) is 0. The monoisotopic (exact) mass is 285 g/mol. The van der Waals surface area contributed by atoms with Crippen LogP contribution >= 0.6 is 0 Å². The summed E-state index contributed by atoms with van der Waals surface area (Å²) in [6, 6.07) is 9.09. The molecule has 1 aliphatic heterocycles. The summed E-state index contributed by atoms with van der Waals surface area (Å²) >= 11 is 0. The third-order valence-corrected chi connectivity index (χ3v) is 4.11. The van der Waals surface area contributed by atoms with Crippen molar-refractivity contribution in [3.63, 3.8) is 0 Å². The lowest BCUT2D eigenvalue weighted by Gasteiger charge is -2.22. The number of rotatable bonds is 5. The average molecular weight is 285 g/mol. The van der Waals surface area contributed by atoms with Crippen LogP contribution in [0.3, 0.4) is 0 Å². The largest absolute Gasteiger partial charge is 0.339 e. The summed E-state index contributed by atoms with van der Waals surface area (Å²) in [6.07, 6.45) is 6.61. The minimum absolute atomic E-state index is 0.617. The second-order valence-corrected chi connectivity index (χ2v) is 5.95. The number of benzene rings is 1. The fraction of sp³-hybridized carbons (Fsp3) is 0.529. The molecule has 112 valence electrons. The van der Waals surface area contributed by atoms with E-state index >= 15 is 0 Å². The van der Waals surface area contributed by atoms with Crippen molar-refractivity contribution in [1.29, 1.82) is 0 Å². The molecule has 2 aromatic rings. The van der Waals surface area contributed by atoms with Crippen molar-refractivity contribution < 1.29 is 4.52 Å². The molecular weight excluding hydrogens is 262 g/mol. The Morgan fingerprint density at radius 3 is 2.86 bits per heavy atom. The fourth-order valence-electron chi connectivity index (χ4n) is 2.82. The number of nitrogens with zero attached hydrogens (tertiary/aromatic N) is 2. The molecule has 1 aromatic heterocycles. The zero-order valence-corrected chi connectivity index (χ0v) is 12.6. The van der Waals surface area contributed by atoms with E-state index in [0.29, 0.717) is 6.04 Å². The molecular formula is C17H23N3O. The first-order valence-electron chi connectivity index (χ1n) is 7.90. The Labute approximate surface area is 126 Å². The summed E-state index contributed by atoms with van der Waals surface area (Å²) < 4.78 is 5.36. The van der Waals surface area contributed by atoms with Crippen molar-refractivity contribution in [2.45, 2.75) is 51.5 Å².